The van der Waals surface area contributed by atoms with Gasteiger partial charge < -0.3 is 20.2 Å². The number of carboxylic acids is 2. The predicted molar refractivity (Wildman–Crippen MR) is 108 cm³/mol. The van der Waals surface area contributed by atoms with Gasteiger partial charge in [0.05, 0.1) is 5.02 Å². The summed E-state index contributed by atoms with van der Waals surface area (Å²) in [5.41, 5.74) is 5.04. The topological polar surface area (TPSA) is 98.1 Å². The summed E-state index contributed by atoms with van der Waals surface area (Å²) in [4.78, 5) is 21.3. The first-order valence-electron chi connectivity index (χ1n) is 9.05. The van der Waals surface area contributed by atoms with Crippen LogP contribution in [-0.2, 0) is 16.0 Å². The Bertz CT molecular complexity index is 825. The standard InChI is InChI=1S/C17H20ClNO.C4H4O4/c1-19-8-7-13-9-16(18)17(20)10-14(13)15(11-19)12-5-3-2-4-6-12;5-3(6)1-2-4(7)8/h5,9-11,20H,2-4,6-8H2,1H3;1-2H,(H,5,6)(H,7,8). The van der Waals surface area contributed by atoms with E-state index in [4.69, 9.17) is 21.8 Å². The van der Waals surface area contributed by atoms with E-state index in [0.29, 0.717) is 17.2 Å². The number of benzene rings is 1. The van der Waals surface area contributed by atoms with Crippen molar-refractivity contribution in [1.29, 1.82) is 0 Å². The normalized spacial score (nSPS) is 16.3. The van der Waals surface area contributed by atoms with Gasteiger partial charge in [0.2, 0.25) is 0 Å². The van der Waals surface area contributed by atoms with Gasteiger partial charge in [0.15, 0.2) is 0 Å². The smallest absolute Gasteiger partial charge is 0.328 e. The summed E-state index contributed by atoms with van der Waals surface area (Å²) >= 11 is 6.07. The number of halogens is 1. The van der Waals surface area contributed by atoms with E-state index < -0.39 is 11.9 Å². The fourth-order valence-corrected chi connectivity index (χ4v) is 3.38. The number of aliphatic carboxylic acids is 2. The summed E-state index contributed by atoms with van der Waals surface area (Å²) in [5, 5.41) is 26.0. The van der Waals surface area contributed by atoms with E-state index in [1.807, 2.05) is 12.1 Å². The van der Waals surface area contributed by atoms with E-state index in [-0.39, 0.29) is 5.75 Å². The molecule has 0 amide bonds. The van der Waals surface area contributed by atoms with Crippen LogP contribution in [0.4, 0.5) is 0 Å². The lowest BCUT2D eigenvalue weighted by molar-refractivity contribution is -0.134. The Hall–Kier alpha value is -2.73. The number of carbonyl (C=O) groups is 2. The van der Waals surface area contributed by atoms with Gasteiger partial charge in [-0.05, 0) is 60.9 Å². The first-order chi connectivity index (χ1) is 13.3. The highest BCUT2D eigenvalue weighted by atomic mass is 35.5. The third-order valence-electron chi connectivity index (χ3n) is 4.55. The number of nitrogens with zero attached hydrogens (tertiary/aromatic N) is 1. The van der Waals surface area contributed by atoms with Crippen molar-refractivity contribution in [1.82, 2.24) is 4.90 Å². The molecule has 0 saturated heterocycles. The summed E-state index contributed by atoms with van der Waals surface area (Å²) in [7, 11) is 2.11. The number of likely N-dealkylation sites (N-methyl/N-ethyl adjacent to an activating group) is 1. The molecule has 0 fully saturated rings. The van der Waals surface area contributed by atoms with Crippen molar-refractivity contribution >= 4 is 29.1 Å². The molecular formula is C21H24ClNO5. The SMILES string of the molecule is CN1C=C(C2=CCCCC2)c2cc(O)c(Cl)cc2CC1.O=C(O)C=CC(=O)O. The van der Waals surface area contributed by atoms with Crippen molar-refractivity contribution in [3.05, 3.63) is 58.3 Å². The minimum absolute atomic E-state index is 0.178. The molecule has 1 aliphatic heterocycles. The molecule has 0 bridgehead atoms. The van der Waals surface area contributed by atoms with Gasteiger partial charge in [0.1, 0.15) is 5.75 Å². The van der Waals surface area contributed by atoms with Crippen LogP contribution in [0.15, 0.2) is 42.1 Å². The van der Waals surface area contributed by atoms with E-state index in [1.165, 1.54) is 29.6 Å². The molecule has 1 heterocycles. The Balaban J connectivity index is 0.000000300. The lowest BCUT2D eigenvalue weighted by Gasteiger charge is -2.19. The third kappa shape index (κ3) is 6.16. The molecule has 0 spiro atoms. The fraction of sp³-hybridized carbons (Fsp3) is 0.333. The van der Waals surface area contributed by atoms with E-state index in [0.717, 1.165) is 31.4 Å². The van der Waals surface area contributed by atoms with Gasteiger partial charge in [-0.25, -0.2) is 9.59 Å². The number of rotatable bonds is 3. The van der Waals surface area contributed by atoms with Crippen LogP contribution in [-0.4, -0.2) is 45.8 Å². The van der Waals surface area contributed by atoms with Crippen LogP contribution in [0.5, 0.6) is 5.75 Å². The molecule has 7 heteroatoms. The molecule has 1 aromatic carbocycles. The van der Waals surface area contributed by atoms with Gasteiger partial charge in [-0.15, -0.1) is 0 Å². The van der Waals surface area contributed by atoms with Crippen molar-refractivity contribution in [2.75, 3.05) is 13.6 Å². The number of allylic oxidation sites excluding steroid dienone is 3. The monoisotopic (exact) mass is 405 g/mol. The Morgan fingerprint density at radius 2 is 1.79 bits per heavy atom. The van der Waals surface area contributed by atoms with Crippen molar-refractivity contribution < 1.29 is 24.9 Å². The number of phenolic OH excluding ortho intramolecular Hbond substituents is 1. The molecule has 28 heavy (non-hydrogen) atoms. The summed E-state index contributed by atoms with van der Waals surface area (Å²) in [6, 6.07) is 3.75. The molecule has 0 unspecified atom stereocenters. The molecule has 1 aliphatic carbocycles. The van der Waals surface area contributed by atoms with Gasteiger partial charge in [-0.3, -0.25) is 0 Å². The lowest BCUT2D eigenvalue weighted by Crippen LogP contribution is -2.13. The second kappa shape index (κ2) is 9.99. The molecule has 6 nitrogen and oxygen atoms in total. The highest BCUT2D eigenvalue weighted by molar-refractivity contribution is 6.32. The van der Waals surface area contributed by atoms with Gasteiger partial charge >= 0.3 is 11.9 Å². The first-order valence-corrected chi connectivity index (χ1v) is 9.43. The van der Waals surface area contributed by atoms with Crippen LogP contribution in [0.25, 0.3) is 5.57 Å². The molecule has 0 aromatic heterocycles. The summed E-state index contributed by atoms with van der Waals surface area (Å²) in [6.07, 6.45) is 11.5. The third-order valence-corrected chi connectivity index (χ3v) is 4.85. The number of phenols is 1. The second-order valence-corrected chi connectivity index (χ2v) is 7.13. The average molecular weight is 406 g/mol. The van der Waals surface area contributed by atoms with Gasteiger partial charge in [-0.1, -0.05) is 17.7 Å². The van der Waals surface area contributed by atoms with Crippen molar-refractivity contribution in [2.45, 2.75) is 32.1 Å². The molecule has 3 N–H and O–H groups in total. The predicted octanol–water partition coefficient (Wildman–Crippen LogP) is 4.09. The molecular weight excluding hydrogens is 382 g/mol. The zero-order valence-corrected chi connectivity index (χ0v) is 16.4. The second-order valence-electron chi connectivity index (χ2n) is 6.72. The van der Waals surface area contributed by atoms with Crippen LogP contribution >= 0.6 is 11.6 Å². The largest absolute Gasteiger partial charge is 0.506 e. The van der Waals surface area contributed by atoms with Crippen LogP contribution < -0.4 is 0 Å². The van der Waals surface area contributed by atoms with Crippen molar-refractivity contribution in [3.8, 4) is 5.75 Å². The van der Waals surface area contributed by atoms with Crippen molar-refractivity contribution in [3.63, 3.8) is 0 Å². The van der Waals surface area contributed by atoms with E-state index in [9.17, 15) is 14.7 Å². The van der Waals surface area contributed by atoms with E-state index in [1.54, 1.807) is 0 Å². The van der Waals surface area contributed by atoms with Gasteiger partial charge in [-0.2, -0.15) is 0 Å². The lowest BCUT2D eigenvalue weighted by atomic mass is 9.87. The number of aromatic hydroxyl groups is 1. The van der Waals surface area contributed by atoms with Gasteiger partial charge in [0, 0.05) is 37.5 Å². The Kier molecular flexibility index (Phi) is 7.70. The number of fused-ring (bicyclic) bond motifs is 1. The maximum Gasteiger partial charge on any atom is 0.328 e. The highest BCUT2D eigenvalue weighted by Crippen LogP contribution is 2.38. The number of hydrogen-bond acceptors (Lipinski definition) is 4. The minimum Gasteiger partial charge on any atom is -0.506 e. The maximum absolute atomic E-state index is 9.96. The summed E-state index contributed by atoms with van der Waals surface area (Å²) in [6.45, 7) is 0.977. The summed E-state index contributed by atoms with van der Waals surface area (Å²) < 4.78 is 0. The molecule has 150 valence electrons. The summed E-state index contributed by atoms with van der Waals surface area (Å²) in [5.74, 6) is -2.34. The number of carboxylic acid groups (broad SMARTS) is 2. The van der Waals surface area contributed by atoms with E-state index in [2.05, 4.69) is 24.2 Å². The molecule has 3 rings (SSSR count). The Morgan fingerprint density at radius 3 is 2.36 bits per heavy atom. The highest BCUT2D eigenvalue weighted by Gasteiger charge is 2.19. The minimum atomic E-state index is -1.26. The Labute approximate surface area is 169 Å². The van der Waals surface area contributed by atoms with E-state index >= 15 is 0 Å². The molecule has 0 atom stereocenters. The van der Waals surface area contributed by atoms with Gasteiger partial charge in [0.25, 0.3) is 0 Å². The Morgan fingerprint density at radius 1 is 1.11 bits per heavy atom. The number of hydrogen-bond donors (Lipinski definition) is 3. The zero-order valence-electron chi connectivity index (χ0n) is 15.7. The quantitative estimate of drug-likeness (QED) is 0.655. The molecule has 0 radical (unpaired) electrons. The first kappa shape index (κ1) is 21.6. The fourth-order valence-electron chi connectivity index (χ4n) is 3.19. The van der Waals surface area contributed by atoms with Crippen LogP contribution in [0.1, 0.15) is 36.8 Å². The van der Waals surface area contributed by atoms with Crippen LogP contribution in [0, 0.1) is 0 Å². The zero-order chi connectivity index (χ0) is 20.7. The molecule has 1 aromatic rings. The average Bonchev–Trinajstić information content (AvgIpc) is 2.81. The van der Waals surface area contributed by atoms with Crippen LogP contribution in [0.3, 0.4) is 0 Å². The van der Waals surface area contributed by atoms with Crippen molar-refractivity contribution in [2.24, 2.45) is 0 Å². The molecule has 0 saturated carbocycles. The molecule has 2 aliphatic rings. The maximum atomic E-state index is 9.96. The van der Waals surface area contributed by atoms with Crippen LogP contribution in [0.2, 0.25) is 5.02 Å².